The number of nitrogens with zero attached hydrogens (tertiary/aromatic N) is 2. The van der Waals surface area contributed by atoms with E-state index < -0.39 is 0 Å². The molecule has 0 atom stereocenters. The van der Waals surface area contributed by atoms with Crippen molar-refractivity contribution in [1.29, 1.82) is 0 Å². The van der Waals surface area contributed by atoms with Crippen molar-refractivity contribution < 1.29 is 9.53 Å². The summed E-state index contributed by atoms with van der Waals surface area (Å²) >= 11 is 6.00. The molecule has 0 saturated carbocycles. The van der Waals surface area contributed by atoms with Crippen LogP contribution < -0.4 is 10.3 Å². The molecule has 3 rings (SSSR count). The Morgan fingerprint density at radius 2 is 2.30 bits per heavy atom. The first-order valence-corrected chi connectivity index (χ1v) is 7.62. The fraction of sp³-hybridized carbons (Fsp3) is 0.312. The molecule has 0 unspecified atom stereocenters. The Labute approximate surface area is 138 Å². The molecule has 2 aromatic rings. The highest BCUT2D eigenvalue weighted by Gasteiger charge is 2.24. The van der Waals surface area contributed by atoms with E-state index in [1.165, 1.54) is 6.33 Å². The minimum Gasteiger partial charge on any atom is -0.496 e. The van der Waals surface area contributed by atoms with E-state index in [0.29, 0.717) is 29.3 Å². The van der Waals surface area contributed by atoms with Gasteiger partial charge >= 0.3 is 0 Å². The van der Waals surface area contributed by atoms with E-state index in [2.05, 4.69) is 9.97 Å². The van der Waals surface area contributed by atoms with Crippen molar-refractivity contribution >= 4 is 17.5 Å². The Kier molecular flexibility index (Phi) is 4.34. The van der Waals surface area contributed by atoms with Crippen LogP contribution in [0.5, 0.6) is 5.75 Å². The first-order chi connectivity index (χ1) is 11.1. The summed E-state index contributed by atoms with van der Waals surface area (Å²) in [5.41, 5.74) is 1.87. The van der Waals surface area contributed by atoms with E-state index in [0.717, 1.165) is 11.3 Å². The van der Waals surface area contributed by atoms with Gasteiger partial charge in [0.2, 0.25) is 5.91 Å². The third-order valence-electron chi connectivity index (χ3n) is 3.94. The number of carbonyl (C=O) groups excluding carboxylic acids is 1. The van der Waals surface area contributed by atoms with Crippen LogP contribution in [-0.4, -0.2) is 34.4 Å². The minimum absolute atomic E-state index is 0.0699. The first-order valence-electron chi connectivity index (χ1n) is 7.24. The van der Waals surface area contributed by atoms with Gasteiger partial charge in [-0.05, 0) is 18.2 Å². The lowest BCUT2D eigenvalue weighted by Crippen LogP contribution is -2.40. The van der Waals surface area contributed by atoms with Gasteiger partial charge in [0.1, 0.15) is 5.75 Å². The summed E-state index contributed by atoms with van der Waals surface area (Å²) in [6.07, 6.45) is 2.16. The molecule has 0 saturated heterocycles. The number of H-pyrrole nitrogens is 1. The highest BCUT2D eigenvalue weighted by Crippen LogP contribution is 2.24. The molecule has 0 aliphatic carbocycles. The zero-order valence-electron chi connectivity index (χ0n) is 12.6. The summed E-state index contributed by atoms with van der Waals surface area (Å²) in [6, 6.07) is 5.19. The molecule has 1 N–H and O–H groups in total. The maximum absolute atomic E-state index is 12.6. The van der Waals surface area contributed by atoms with Crippen LogP contribution in [0.3, 0.4) is 0 Å². The first kappa shape index (κ1) is 15.6. The highest BCUT2D eigenvalue weighted by atomic mass is 35.5. The number of benzene rings is 1. The van der Waals surface area contributed by atoms with Gasteiger partial charge in [0.25, 0.3) is 5.56 Å². The summed E-state index contributed by atoms with van der Waals surface area (Å²) in [7, 11) is 1.56. The molecule has 1 aromatic heterocycles. The number of rotatable bonds is 3. The number of fused-ring (bicyclic) bond motifs is 1. The predicted octanol–water partition coefficient (Wildman–Crippen LogP) is 1.56. The second-order valence-corrected chi connectivity index (χ2v) is 5.79. The number of methoxy groups -OCH3 is 1. The average Bonchev–Trinajstić information content (AvgIpc) is 2.55. The van der Waals surface area contributed by atoms with E-state index >= 15 is 0 Å². The summed E-state index contributed by atoms with van der Waals surface area (Å²) in [6.45, 7) is 0.825. The Bertz CT molecular complexity index is 803. The fourth-order valence-corrected chi connectivity index (χ4v) is 2.92. The Balaban J connectivity index is 1.79. The van der Waals surface area contributed by atoms with Crippen LogP contribution >= 0.6 is 11.6 Å². The largest absolute Gasteiger partial charge is 0.496 e. The normalized spacial score (nSPS) is 13.6. The van der Waals surface area contributed by atoms with Gasteiger partial charge in [-0.25, -0.2) is 4.98 Å². The van der Waals surface area contributed by atoms with E-state index in [-0.39, 0.29) is 24.4 Å². The SMILES string of the molecule is COc1ccc(Cl)cc1CC(=O)N1CCc2nc[nH]c(=O)c2C1. The molecule has 6 nitrogen and oxygen atoms in total. The Morgan fingerprint density at radius 3 is 3.09 bits per heavy atom. The number of hydrogen-bond donors (Lipinski definition) is 1. The molecule has 1 aliphatic rings. The molecule has 7 heteroatoms. The molecular formula is C16H16ClN3O3. The summed E-state index contributed by atoms with van der Waals surface area (Å²) in [5.74, 6) is 0.555. The van der Waals surface area contributed by atoms with Crippen molar-refractivity contribution in [1.82, 2.24) is 14.9 Å². The van der Waals surface area contributed by atoms with Crippen molar-refractivity contribution in [3.63, 3.8) is 0 Å². The second kappa shape index (κ2) is 6.42. The summed E-state index contributed by atoms with van der Waals surface area (Å²) < 4.78 is 5.27. The molecule has 23 heavy (non-hydrogen) atoms. The number of carbonyl (C=O) groups is 1. The molecule has 0 radical (unpaired) electrons. The molecule has 0 fully saturated rings. The van der Waals surface area contributed by atoms with Crippen molar-refractivity contribution in [2.45, 2.75) is 19.4 Å². The quantitative estimate of drug-likeness (QED) is 0.925. The van der Waals surface area contributed by atoms with E-state index in [1.807, 2.05) is 0 Å². The van der Waals surface area contributed by atoms with E-state index in [1.54, 1.807) is 30.2 Å². The van der Waals surface area contributed by atoms with Crippen molar-refractivity contribution in [2.24, 2.45) is 0 Å². The molecule has 1 amide bonds. The standard InChI is InChI=1S/C16H16ClN3O3/c1-23-14-3-2-11(17)6-10(14)7-15(21)20-5-4-13-12(8-20)16(22)19-9-18-13/h2-3,6,9H,4-5,7-8H2,1H3,(H,18,19,22). The number of aromatic amines is 1. The molecule has 2 heterocycles. The lowest BCUT2D eigenvalue weighted by atomic mass is 10.1. The van der Waals surface area contributed by atoms with E-state index in [9.17, 15) is 9.59 Å². The topological polar surface area (TPSA) is 75.3 Å². The van der Waals surface area contributed by atoms with Crippen LogP contribution in [0.25, 0.3) is 0 Å². The third-order valence-corrected chi connectivity index (χ3v) is 4.18. The maximum atomic E-state index is 12.6. The highest BCUT2D eigenvalue weighted by molar-refractivity contribution is 6.30. The number of amides is 1. The van der Waals surface area contributed by atoms with Crippen LogP contribution in [0.15, 0.2) is 29.3 Å². The maximum Gasteiger partial charge on any atom is 0.255 e. The summed E-state index contributed by atoms with van der Waals surface area (Å²) in [5, 5.41) is 0.554. The Hall–Kier alpha value is -2.34. The number of nitrogens with one attached hydrogen (secondary N) is 1. The molecule has 1 aromatic carbocycles. The van der Waals surface area contributed by atoms with Crippen LogP contribution in [0.2, 0.25) is 5.02 Å². The van der Waals surface area contributed by atoms with Gasteiger partial charge in [-0.15, -0.1) is 0 Å². The third kappa shape index (κ3) is 3.22. The average molecular weight is 334 g/mol. The zero-order valence-corrected chi connectivity index (χ0v) is 13.4. The fourth-order valence-electron chi connectivity index (χ4n) is 2.73. The predicted molar refractivity (Wildman–Crippen MR) is 85.7 cm³/mol. The van der Waals surface area contributed by atoms with Gasteiger partial charge in [0.05, 0.1) is 37.7 Å². The van der Waals surface area contributed by atoms with Gasteiger partial charge < -0.3 is 14.6 Å². The van der Waals surface area contributed by atoms with Crippen molar-refractivity contribution in [3.8, 4) is 5.75 Å². The lowest BCUT2D eigenvalue weighted by Gasteiger charge is -2.27. The molecular weight excluding hydrogens is 318 g/mol. The second-order valence-electron chi connectivity index (χ2n) is 5.36. The Morgan fingerprint density at radius 1 is 1.48 bits per heavy atom. The van der Waals surface area contributed by atoms with Crippen LogP contribution in [0, 0.1) is 0 Å². The van der Waals surface area contributed by atoms with Gasteiger partial charge in [0.15, 0.2) is 0 Å². The molecule has 1 aliphatic heterocycles. The molecule has 0 bridgehead atoms. The minimum atomic E-state index is -0.187. The van der Waals surface area contributed by atoms with Crippen LogP contribution in [-0.2, 0) is 24.2 Å². The van der Waals surface area contributed by atoms with Crippen LogP contribution in [0.1, 0.15) is 16.8 Å². The smallest absolute Gasteiger partial charge is 0.255 e. The van der Waals surface area contributed by atoms with E-state index in [4.69, 9.17) is 16.3 Å². The van der Waals surface area contributed by atoms with Crippen molar-refractivity contribution in [3.05, 3.63) is 56.7 Å². The van der Waals surface area contributed by atoms with Crippen LogP contribution in [0.4, 0.5) is 0 Å². The van der Waals surface area contributed by atoms with Gasteiger partial charge in [-0.1, -0.05) is 11.6 Å². The number of aromatic nitrogens is 2. The number of ether oxygens (including phenoxy) is 1. The number of hydrogen-bond acceptors (Lipinski definition) is 4. The molecule has 120 valence electrons. The number of halogens is 1. The zero-order chi connectivity index (χ0) is 16.4. The monoisotopic (exact) mass is 333 g/mol. The van der Waals surface area contributed by atoms with Gasteiger partial charge in [0, 0.05) is 23.6 Å². The van der Waals surface area contributed by atoms with Gasteiger partial charge in [-0.2, -0.15) is 0 Å². The molecule has 0 spiro atoms. The lowest BCUT2D eigenvalue weighted by molar-refractivity contribution is -0.131. The summed E-state index contributed by atoms with van der Waals surface area (Å²) in [4.78, 5) is 32.8. The van der Waals surface area contributed by atoms with Crippen molar-refractivity contribution in [2.75, 3.05) is 13.7 Å². The van der Waals surface area contributed by atoms with Gasteiger partial charge in [-0.3, -0.25) is 9.59 Å².